The van der Waals surface area contributed by atoms with Gasteiger partial charge in [-0.1, -0.05) is 38.3 Å². The molecule has 18 heavy (non-hydrogen) atoms. The van der Waals surface area contributed by atoms with Crippen molar-refractivity contribution in [1.29, 1.82) is 0 Å². The number of carbonyl (C=O) groups is 1. The lowest BCUT2D eigenvalue weighted by atomic mass is 10.1. The van der Waals surface area contributed by atoms with Gasteiger partial charge in [-0.05, 0) is 25.0 Å². The number of rotatable bonds is 6. The minimum Gasteiger partial charge on any atom is -0.342 e. The molecule has 1 aromatic heterocycles. The molecule has 1 aromatic rings. The highest BCUT2D eigenvalue weighted by Crippen LogP contribution is 2.14. The third-order valence-electron chi connectivity index (χ3n) is 2.79. The van der Waals surface area contributed by atoms with Crippen molar-refractivity contribution in [1.82, 2.24) is 9.88 Å². The van der Waals surface area contributed by atoms with Crippen LogP contribution in [0.2, 0.25) is 5.15 Å². The Morgan fingerprint density at radius 1 is 1.33 bits per heavy atom. The predicted molar refractivity (Wildman–Crippen MR) is 75.1 cm³/mol. The fourth-order valence-corrected chi connectivity index (χ4v) is 2.00. The number of hydrogen-bond donors (Lipinski definition) is 0. The molecule has 100 valence electrons. The van der Waals surface area contributed by atoms with E-state index in [-0.39, 0.29) is 5.91 Å². The van der Waals surface area contributed by atoms with Crippen molar-refractivity contribution < 1.29 is 4.79 Å². The topological polar surface area (TPSA) is 33.2 Å². The standard InChI is InChI=1S/C14H21ClN2O/c1-4-6-8-17(3)14(18)11-9-12(7-5-2)16-13(15)10-11/h9-10H,4-8H2,1-3H3. The van der Waals surface area contributed by atoms with Crippen LogP contribution in [0.25, 0.3) is 0 Å². The smallest absolute Gasteiger partial charge is 0.253 e. The molecule has 0 fully saturated rings. The van der Waals surface area contributed by atoms with Gasteiger partial charge in [0.25, 0.3) is 5.91 Å². The third-order valence-corrected chi connectivity index (χ3v) is 2.99. The van der Waals surface area contributed by atoms with E-state index < -0.39 is 0 Å². The van der Waals surface area contributed by atoms with E-state index in [1.54, 1.807) is 11.0 Å². The van der Waals surface area contributed by atoms with Crippen molar-refractivity contribution in [3.8, 4) is 0 Å². The number of halogens is 1. The van der Waals surface area contributed by atoms with Gasteiger partial charge in [0.15, 0.2) is 0 Å². The molecule has 4 heteroatoms. The van der Waals surface area contributed by atoms with Crippen LogP contribution in [-0.2, 0) is 6.42 Å². The molecule has 0 radical (unpaired) electrons. The van der Waals surface area contributed by atoms with Crippen LogP contribution in [0.5, 0.6) is 0 Å². The lowest BCUT2D eigenvalue weighted by molar-refractivity contribution is 0.0793. The number of aromatic nitrogens is 1. The maximum atomic E-state index is 12.2. The summed E-state index contributed by atoms with van der Waals surface area (Å²) in [4.78, 5) is 18.2. The fourth-order valence-electron chi connectivity index (χ4n) is 1.78. The lowest BCUT2D eigenvalue weighted by Gasteiger charge is -2.17. The van der Waals surface area contributed by atoms with Crippen LogP contribution in [0.15, 0.2) is 12.1 Å². The largest absolute Gasteiger partial charge is 0.342 e. The first-order valence-corrected chi connectivity index (χ1v) is 6.88. The molecule has 1 amide bonds. The summed E-state index contributed by atoms with van der Waals surface area (Å²) in [5.41, 5.74) is 1.52. The van der Waals surface area contributed by atoms with Crippen molar-refractivity contribution in [2.24, 2.45) is 0 Å². The number of hydrogen-bond acceptors (Lipinski definition) is 2. The molecular weight excluding hydrogens is 248 g/mol. The third kappa shape index (κ3) is 4.30. The van der Waals surface area contributed by atoms with Crippen molar-refractivity contribution in [3.05, 3.63) is 28.5 Å². The van der Waals surface area contributed by atoms with Gasteiger partial charge in [-0.15, -0.1) is 0 Å². The number of aryl methyl sites for hydroxylation is 1. The van der Waals surface area contributed by atoms with Crippen LogP contribution >= 0.6 is 11.6 Å². The van der Waals surface area contributed by atoms with E-state index in [0.29, 0.717) is 10.7 Å². The van der Waals surface area contributed by atoms with E-state index in [9.17, 15) is 4.79 Å². The summed E-state index contributed by atoms with van der Waals surface area (Å²) in [7, 11) is 1.83. The molecule has 0 aliphatic rings. The van der Waals surface area contributed by atoms with E-state index in [2.05, 4.69) is 18.8 Å². The van der Waals surface area contributed by atoms with Crippen molar-refractivity contribution >= 4 is 17.5 Å². The highest BCUT2D eigenvalue weighted by atomic mass is 35.5. The molecule has 1 rings (SSSR count). The van der Waals surface area contributed by atoms with E-state index in [4.69, 9.17) is 11.6 Å². The van der Waals surface area contributed by atoms with Crippen LogP contribution in [0.1, 0.15) is 49.2 Å². The Morgan fingerprint density at radius 3 is 2.67 bits per heavy atom. The minimum absolute atomic E-state index is 0.0186. The molecule has 0 aliphatic heterocycles. The summed E-state index contributed by atoms with van der Waals surface area (Å²) >= 11 is 5.96. The molecule has 0 spiro atoms. The number of nitrogens with zero attached hydrogens (tertiary/aromatic N) is 2. The van der Waals surface area contributed by atoms with Gasteiger partial charge in [-0.2, -0.15) is 0 Å². The maximum absolute atomic E-state index is 12.2. The predicted octanol–water partition coefficient (Wildman–Crippen LogP) is 3.56. The van der Waals surface area contributed by atoms with E-state index in [1.165, 1.54) is 0 Å². The van der Waals surface area contributed by atoms with Crippen LogP contribution in [0, 0.1) is 0 Å². The van der Waals surface area contributed by atoms with Gasteiger partial charge in [0, 0.05) is 24.8 Å². The first-order valence-electron chi connectivity index (χ1n) is 6.50. The second kappa shape index (κ2) is 7.37. The summed E-state index contributed by atoms with van der Waals surface area (Å²) in [5.74, 6) is 0.0186. The summed E-state index contributed by atoms with van der Waals surface area (Å²) < 4.78 is 0. The lowest BCUT2D eigenvalue weighted by Crippen LogP contribution is -2.27. The molecule has 0 bridgehead atoms. The van der Waals surface area contributed by atoms with Crippen LogP contribution in [0.3, 0.4) is 0 Å². The summed E-state index contributed by atoms with van der Waals surface area (Å²) in [6.07, 6.45) is 3.94. The van der Waals surface area contributed by atoms with E-state index >= 15 is 0 Å². The average molecular weight is 269 g/mol. The molecule has 0 aliphatic carbocycles. The molecule has 0 unspecified atom stereocenters. The SMILES string of the molecule is CCCCN(C)C(=O)c1cc(Cl)nc(CCC)c1. The zero-order valence-corrected chi connectivity index (χ0v) is 12.1. The van der Waals surface area contributed by atoms with Crippen molar-refractivity contribution in [2.45, 2.75) is 39.5 Å². The summed E-state index contributed by atoms with van der Waals surface area (Å²) in [6.45, 7) is 4.97. The highest BCUT2D eigenvalue weighted by Gasteiger charge is 2.13. The number of unbranched alkanes of at least 4 members (excludes halogenated alkanes) is 1. The van der Waals surface area contributed by atoms with E-state index in [0.717, 1.165) is 37.9 Å². The van der Waals surface area contributed by atoms with Gasteiger partial charge in [-0.25, -0.2) is 4.98 Å². The zero-order valence-electron chi connectivity index (χ0n) is 11.4. The Labute approximate surface area is 114 Å². The van der Waals surface area contributed by atoms with Gasteiger partial charge in [0.1, 0.15) is 5.15 Å². The first-order chi connectivity index (χ1) is 8.58. The van der Waals surface area contributed by atoms with Gasteiger partial charge < -0.3 is 4.90 Å². The second-order valence-electron chi connectivity index (χ2n) is 4.50. The summed E-state index contributed by atoms with van der Waals surface area (Å²) in [5, 5.41) is 0.396. The second-order valence-corrected chi connectivity index (χ2v) is 4.89. The van der Waals surface area contributed by atoms with E-state index in [1.807, 2.05) is 13.1 Å². The fraction of sp³-hybridized carbons (Fsp3) is 0.571. The number of amides is 1. The quantitative estimate of drug-likeness (QED) is 0.739. The number of pyridine rings is 1. The molecule has 0 N–H and O–H groups in total. The molecule has 0 saturated carbocycles. The molecular formula is C14H21ClN2O. The molecule has 0 saturated heterocycles. The Kier molecular flexibility index (Phi) is 6.13. The van der Waals surface area contributed by atoms with Gasteiger partial charge in [0.05, 0.1) is 0 Å². The van der Waals surface area contributed by atoms with Gasteiger partial charge >= 0.3 is 0 Å². The monoisotopic (exact) mass is 268 g/mol. The van der Waals surface area contributed by atoms with Crippen LogP contribution in [0.4, 0.5) is 0 Å². The van der Waals surface area contributed by atoms with Crippen molar-refractivity contribution in [2.75, 3.05) is 13.6 Å². The molecule has 1 heterocycles. The Morgan fingerprint density at radius 2 is 2.06 bits per heavy atom. The van der Waals surface area contributed by atoms with Gasteiger partial charge in [-0.3, -0.25) is 4.79 Å². The minimum atomic E-state index is 0.0186. The average Bonchev–Trinajstić information content (AvgIpc) is 2.34. The Hall–Kier alpha value is -1.09. The van der Waals surface area contributed by atoms with Crippen molar-refractivity contribution in [3.63, 3.8) is 0 Å². The Bertz CT molecular complexity index is 407. The van der Waals surface area contributed by atoms with Crippen LogP contribution < -0.4 is 0 Å². The van der Waals surface area contributed by atoms with Crippen LogP contribution in [-0.4, -0.2) is 29.4 Å². The molecule has 3 nitrogen and oxygen atoms in total. The molecule has 0 atom stereocenters. The summed E-state index contributed by atoms with van der Waals surface area (Å²) in [6, 6.07) is 3.49. The highest BCUT2D eigenvalue weighted by molar-refractivity contribution is 6.29. The zero-order chi connectivity index (χ0) is 13.5. The first kappa shape index (κ1) is 15.0. The number of carbonyl (C=O) groups excluding carboxylic acids is 1. The Balaban J connectivity index is 2.84. The maximum Gasteiger partial charge on any atom is 0.253 e. The van der Waals surface area contributed by atoms with Gasteiger partial charge in [0.2, 0.25) is 0 Å². The molecule has 0 aromatic carbocycles. The normalized spacial score (nSPS) is 10.4.